The predicted octanol–water partition coefficient (Wildman–Crippen LogP) is 0.107. The lowest BCUT2D eigenvalue weighted by Gasteiger charge is -2.14. The van der Waals surface area contributed by atoms with E-state index in [0.29, 0.717) is 6.54 Å². The molecule has 7 heteroatoms. The standard InChI is InChI=1S/C10H14N4O2S/c1-4-10(16)14(3)6-9(15)11-5-8-7(2)12-13-17-8/h4H,1,5-6H2,2-3H3,(H,11,15). The van der Waals surface area contributed by atoms with Gasteiger partial charge in [0.1, 0.15) is 0 Å². The topological polar surface area (TPSA) is 75.2 Å². The van der Waals surface area contributed by atoms with E-state index in [9.17, 15) is 9.59 Å². The lowest BCUT2D eigenvalue weighted by atomic mass is 10.4. The molecule has 1 aromatic rings. The minimum Gasteiger partial charge on any atom is -0.350 e. The number of carbonyl (C=O) groups excluding carboxylic acids is 2. The zero-order valence-electron chi connectivity index (χ0n) is 9.77. The second-order valence-corrected chi connectivity index (χ2v) is 4.30. The fraction of sp³-hybridized carbons (Fsp3) is 0.400. The number of amides is 2. The Kier molecular flexibility index (Phi) is 4.77. The molecular formula is C10H14N4O2S. The Morgan fingerprint density at radius 1 is 1.59 bits per heavy atom. The third-order valence-electron chi connectivity index (χ3n) is 2.12. The van der Waals surface area contributed by atoms with Crippen LogP contribution in [0.3, 0.4) is 0 Å². The molecular weight excluding hydrogens is 240 g/mol. The highest BCUT2D eigenvalue weighted by Crippen LogP contribution is 2.07. The van der Waals surface area contributed by atoms with Gasteiger partial charge in [0.05, 0.1) is 23.7 Å². The van der Waals surface area contributed by atoms with Crippen molar-refractivity contribution in [2.75, 3.05) is 13.6 Å². The van der Waals surface area contributed by atoms with Gasteiger partial charge in [-0.05, 0) is 24.5 Å². The van der Waals surface area contributed by atoms with Gasteiger partial charge in [-0.15, -0.1) is 5.10 Å². The average molecular weight is 254 g/mol. The fourth-order valence-corrected chi connectivity index (χ4v) is 1.67. The Hall–Kier alpha value is -1.76. The molecule has 0 radical (unpaired) electrons. The predicted molar refractivity (Wildman–Crippen MR) is 64.3 cm³/mol. The number of aromatic nitrogens is 2. The van der Waals surface area contributed by atoms with Crippen LogP contribution in [0.5, 0.6) is 0 Å². The van der Waals surface area contributed by atoms with E-state index in [-0.39, 0.29) is 18.4 Å². The van der Waals surface area contributed by atoms with Gasteiger partial charge in [0.2, 0.25) is 11.8 Å². The first-order valence-electron chi connectivity index (χ1n) is 4.96. The van der Waals surface area contributed by atoms with E-state index in [1.54, 1.807) is 7.05 Å². The molecule has 0 fully saturated rings. The molecule has 6 nitrogen and oxygen atoms in total. The summed E-state index contributed by atoms with van der Waals surface area (Å²) in [5.74, 6) is -0.508. The van der Waals surface area contributed by atoms with Crippen molar-refractivity contribution in [3.63, 3.8) is 0 Å². The Labute approximate surface area is 103 Å². The van der Waals surface area contributed by atoms with Gasteiger partial charge in [0.15, 0.2) is 0 Å². The lowest BCUT2D eigenvalue weighted by molar-refractivity contribution is -0.131. The molecule has 0 aromatic carbocycles. The summed E-state index contributed by atoms with van der Waals surface area (Å²) in [4.78, 5) is 24.9. The number of likely N-dealkylation sites (N-methyl/N-ethyl adjacent to an activating group) is 1. The van der Waals surface area contributed by atoms with Crippen LogP contribution in [0, 0.1) is 6.92 Å². The summed E-state index contributed by atoms with van der Waals surface area (Å²) in [7, 11) is 1.54. The van der Waals surface area contributed by atoms with Crippen molar-refractivity contribution in [1.29, 1.82) is 0 Å². The number of nitrogens with zero attached hydrogens (tertiary/aromatic N) is 3. The van der Waals surface area contributed by atoms with E-state index in [1.165, 1.54) is 22.5 Å². The highest BCUT2D eigenvalue weighted by Gasteiger charge is 2.10. The van der Waals surface area contributed by atoms with Gasteiger partial charge in [0, 0.05) is 7.05 Å². The first-order chi connectivity index (χ1) is 8.04. The minimum absolute atomic E-state index is 0.0101. The van der Waals surface area contributed by atoms with E-state index in [0.717, 1.165) is 10.6 Å². The van der Waals surface area contributed by atoms with Crippen LogP contribution in [0.4, 0.5) is 0 Å². The summed E-state index contributed by atoms with van der Waals surface area (Å²) in [6.07, 6.45) is 1.17. The Balaban J connectivity index is 2.38. The minimum atomic E-state index is -0.282. The lowest BCUT2D eigenvalue weighted by Crippen LogP contribution is -2.37. The van der Waals surface area contributed by atoms with Crippen molar-refractivity contribution in [2.24, 2.45) is 0 Å². The molecule has 1 heterocycles. The van der Waals surface area contributed by atoms with Crippen molar-refractivity contribution < 1.29 is 9.59 Å². The van der Waals surface area contributed by atoms with Gasteiger partial charge in [0.25, 0.3) is 0 Å². The summed E-state index contributed by atoms with van der Waals surface area (Å²) in [5.41, 5.74) is 0.811. The number of rotatable bonds is 5. The Morgan fingerprint density at radius 2 is 2.29 bits per heavy atom. The maximum absolute atomic E-state index is 11.5. The van der Waals surface area contributed by atoms with Crippen molar-refractivity contribution >= 4 is 23.3 Å². The largest absolute Gasteiger partial charge is 0.350 e. The molecule has 0 unspecified atom stereocenters. The smallest absolute Gasteiger partial charge is 0.246 e. The van der Waals surface area contributed by atoms with Gasteiger partial charge >= 0.3 is 0 Å². The van der Waals surface area contributed by atoms with Crippen LogP contribution in [0.1, 0.15) is 10.6 Å². The van der Waals surface area contributed by atoms with Crippen LogP contribution < -0.4 is 5.32 Å². The summed E-state index contributed by atoms with van der Waals surface area (Å²) in [6.45, 7) is 5.58. The quantitative estimate of drug-likeness (QED) is 0.757. The molecule has 0 saturated carbocycles. The molecule has 2 amide bonds. The Bertz CT molecular complexity index is 430. The maximum atomic E-state index is 11.5. The molecule has 0 aliphatic heterocycles. The van der Waals surface area contributed by atoms with Gasteiger partial charge < -0.3 is 10.2 Å². The van der Waals surface area contributed by atoms with Crippen molar-refractivity contribution in [2.45, 2.75) is 13.5 Å². The van der Waals surface area contributed by atoms with E-state index < -0.39 is 0 Å². The van der Waals surface area contributed by atoms with E-state index in [1.807, 2.05) is 6.92 Å². The summed E-state index contributed by atoms with van der Waals surface area (Å²) >= 11 is 1.25. The van der Waals surface area contributed by atoms with Gasteiger partial charge in [-0.1, -0.05) is 11.1 Å². The van der Waals surface area contributed by atoms with Crippen molar-refractivity contribution in [1.82, 2.24) is 19.8 Å². The zero-order chi connectivity index (χ0) is 12.8. The first kappa shape index (κ1) is 13.3. The van der Waals surface area contributed by atoms with Crippen LogP contribution in [0.25, 0.3) is 0 Å². The van der Waals surface area contributed by atoms with Crippen LogP contribution in [0.15, 0.2) is 12.7 Å². The Morgan fingerprint density at radius 3 is 2.82 bits per heavy atom. The molecule has 92 valence electrons. The van der Waals surface area contributed by atoms with Gasteiger partial charge in [-0.3, -0.25) is 9.59 Å². The SMILES string of the molecule is C=CC(=O)N(C)CC(=O)NCc1snnc1C. The highest BCUT2D eigenvalue weighted by atomic mass is 32.1. The maximum Gasteiger partial charge on any atom is 0.246 e. The highest BCUT2D eigenvalue weighted by molar-refractivity contribution is 7.05. The molecule has 1 N–H and O–H groups in total. The van der Waals surface area contributed by atoms with Crippen LogP contribution in [-0.2, 0) is 16.1 Å². The van der Waals surface area contributed by atoms with Crippen LogP contribution >= 0.6 is 11.5 Å². The summed E-state index contributed by atoms with van der Waals surface area (Å²) in [6, 6.07) is 0. The summed E-state index contributed by atoms with van der Waals surface area (Å²) in [5, 5.41) is 6.54. The van der Waals surface area contributed by atoms with Gasteiger partial charge in [-0.25, -0.2) is 0 Å². The number of hydrogen-bond donors (Lipinski definition) is 1. The van der Waals surface area contributed by atoms with E-state index >= 15 is 0 Å². The molecule has 0 atom stereocenters. The monoisotopic (exact) mass is 254 g/mol. The molecule has 0 aliphatic rings. The van der Waals surface area contributed by atoms with Gasteiger partial charge in [-0.2, -0.15) is 0 Å². The fourth-order valence-electron chi connectivity index (χ4n) is 1.10. The molecule has 0 spiro atoms. The third-order valence-corrected chi connectivity index (χ3v) is 2.95. The molecule has 0 aliphatic carbocycles. The van der Waals surface area contributed by atoms with Crippen LogP contribution in [0.2, 0.25) is 0 Å². The molecule has 1 rings (SSSR count). The zero-order valence-corrected chi connectivity index (χ0v) is 10.6. The molecule has 0 bridgehead atoms. The van der Waals surface area contributed by atoms with Crippen LogP contribution in [-0.4, -0.2) is 39.9 Å². The third kappa shape index (κ3) is 3.95. The van der Waals surface area contributed by atoms with Crippen molar-refractivity contribution in [3.8, 4) is 0 Å². The number of carbonyl (C=O) groups is 2. The first-order valence-corrected chi connectivity index (χ1v) is 5.74. The van der Waals surface area contributed by atoms with E-state index in [4.69, 9.17) is 0 Å². The number of hydrogen-bond acceptors (Lipinski definition) is 5. The number of aryl methyl sites for hydroxylation is 1. The molecule has 1 aromatic heterocycles. The second-order valence-electron chi connectivity index (χ2n) is 3.46. The summed E-state index contributed by atoms with van der Waals surface area (Å²) < 4.78 is 3.76. The average Bonchev–Trinajstić information content (AvgIpc) is 2.71. The molecule has 0 saturated heterocycles. The molecule has 17 heavy (non-hydrogen) atoms. The van der Waals surface area contributed by atoms with E-state index in [2.05, 4.69) is 21.5 Å². The van der Waals surface area contributed by atoms with Crippen molar-refractivity contribution in [3.05, 3.63) is 23.2 Å². The number of nitrogens with one attached hydrogen (secondary N) is 1. The second kappa shape index (κ2) is 6.09. The normalized spacial score (nSPS) is 9.76.